The van der Waals surface area contributed by atoms with Crippen molar-refractivity contribution in [2.45, 2.75) is 43.9 Å². The van der Waals surface area contributed by atoms with E-state index in [0.29, 0.717) is 16.8 Å². The highest BCUT2D eigenvalue weighted by atomic mass is 35.5. The Morgan fingerprint density at radius 3 is 2.69 bits per heavy atom. The molecule has 0 aromatic heterocycles. The molecule has 2 aromatic rings. The topological polar surface area (TPSA) is 49.4 Å². The van der Waals surface area contributed by atoms with Crippen LogP contribution in [0.1, 0.15) is 36.0 Å². The Labute approximate surface area is 199 Å². The highest BCUT2D eigenvalue weighted by Crippen LogP contribution is 2.43. The average molecular weight is 469 g/mol. The van der Waals surface area contributed by atoms with Crippen LogP contribution in [0, 0.1) is 12.8 Å². The minimum atomic E-state index is -0.0424. The Kier molecular flexibility index (Phi) is 7.27. The second-order valence-electron chi connectivity index (χ2n) is 8.71. The molecule has 1 saturated carbocycles. The fourth-order valence-electron chi connectivity index (χ4n) is 4.50. The highest BCUT2D eigenvalue weighted by molar-refractivity contribution is 8.04. The first-order valence-electron chi connectivity index (χ1n) is 11.2. The number of hydrogen-bond acceptors (Lipinski definition) is 3. The molecule has 1 heterocycles. The summed E-state index contributed by atoms with van der Waals surface area (Å²) in [4.78, 5) is 28.4. The van der Waals surface area contributed by atoms with E-state index in [1.165, 1.54) is 11.1 Å². The van der Waals surface area contributed by atoms with Crippen molar-refractivity contribution in [1.29, 1.82) is 0 Å². The van der Waals surface area contributed by atoms with Crippen LogP contribution in [-0.4, -0.2) is 41.6 Å². The van der Waals surface area contributed by atoms with Crippen LogP contribution in [-0.2, 0) is 16.0 Å². The van der Waals surface area contributed by atoms with Gasteiger partial charge in [-0.15, -0.1) is 11.8 Å². The van der Waals surface area contributed by atoms with E-state index in [4.69, 9.17) is 11.6 Å². The maximum absolute atomic E-state index is 13.0. The number of halogens is 1. The van der Waals surface area contributed by atoms with Crippen LogP contribution in [0.2, 0.25) is 5.02 Å². The lowest BCUT2D eigenvalue weighted by molar-refractivity contribution is -0.131. The quantitative estimate of drug-likeness (QED) is 0.622. The number of aryl methyl sites for hydroxylation is 1. The summed E-state index contributed by atoms with van der Waals surface area (Å²) in [6, 6.07) is 16.1. The van der Waals surface area contributed by atoms with E-state index in [1.807, 2.05) is 42.3 Å². The van der Waals surface area contributed by atoms with Crippen molar-refractivity contribution in [1.82, 2.24) is 10.2 Å². The van der Waals surface area contributed by atoms with Gasteiger partial charge in [-0.2, -0.15) is 0 Å². The number of rotatable bonds is 5. The lowest BCUT2D eigenvalue weighted by atomic mass is 9.83. The predicted molar refractivity (Wildman–Crippen MR) is 133 cm³/mol. The van der Waals surface area contributed by atoms with E-state index in [2.05, 4.69) is 36.5 Å². The normalized spacial score (nSPS) is 24.3. The molecule has 3 atom stereocenters. The third kappa shape index (κ3) is 5.21. The van der Waals surface area contributed by atoms with Gasteiger partial charge in [0, 0.05) is 35.8 Å². The minimum absolute atomic E-state index is 0.0107. The number of carbonyl (C=O) groups is 2. The number of benzene rings is 2. The smallest absolute Gasteiger partial charge is 0.260 e. The van der Waals surface area contributed by atoms with E-state index in [1.54, 1.807) is 11.8 Å². The van der Waals surface area contributed by atoms with Gasteiger partial charge in [-0.25, -0.2) is 0 Å². The molecule has 0 bridgehead atoms. The van der Waals surface area contributed by atoms with Gasteiger partial charge in [0.05, 0.1) is 4.91 Å². The van der Waals surface area contributed by atoms with Crippen LogP contribution in [0.15, 0.2) is 53.4 Å². The second kappa shape index (κ2) is 10.1. The SMILES string of the molecule is Cc1ccc(CCNC(=O)C2CCC3S/C(=C\c4ccccc4Cl)C(=O)N(C)C3C2)cc1. The van der Waals surface area contributed by atoms with Gasteiger partial charge < -0.3 is 10.2 Å². The molecule has 2 fully saturated rings. The molecule has 168 valence electrons. The van der Waals surface area contributed by atoms with Crippen molar-refractivity contribution in [3.8, 4) is 0 Å². The Morgan fingerprint density at radius 1 is 1.19 bits per heavy atom. The summed E-state index contributed by atoms with van der Waals surface area (Å²) in [6.07, 6.45) is 5.21. The molecule has 2 aliphatic rings. The summed E-state index contributed by atoms with van der Waals surface area (Å²) >= 11 is 7.92. The Morgan fingerprint density at radius 2 is 1.94 bits per heavy atom. The zero-order chi connectivity index (χ0) is 22.7. The van der Waals surface area contributed by atoms with Crippen LogP contribution in [0.5, 0.6) is 0 Å². The van der Waals surface area contributed by atoms with Gasteiger partial charge in [-0.05, 0) is 55.9 Å². The molecule has 4 nitrogen and oxygen atoms in total. The molecule has 1 aliphatic heterocycles. The van der Waals surface area contributed by atoms with Crippen molar-refractivity contribution in [3.63, 3.8) is 0 Å². The molecular formula is C26H29ClN2O2S. The number of nitrogens with one attached hydrogen (secondary N) is 1. The van der Waals surface area contributed by atoms with Crippen molar-refractivity contribution in [2.24, 2.45) is 5.92 Å². The molecule has 1 saturated heterocycles. The number of nitrogens with zero attached hydrogens (tertiary/aromatic N) is 1. The molecule has 2 amide bonds. The van der Waals surface area contributed by atoms with Gasteiger partial charge in [0.15, 0.2) is 0 Å². The molecule has 0 radical (unpaired) electrons. The molecule has 1 N–H and O–H groups in total. The van der Waals surface area contributed by atoms with Crippen LogP contribution in [0.4, 0.5) is 0 Å². The Hall–Kier alpha value is -2.24. The summed E-state index contributed by atoms with van der Waals surface area (Å²) < 4.78 is 0. The summed E-state index contributed by atoms with van der Waals surface area (Å²) in [5.41, 5.74) is 3.33. The molecular weight excluding hydrogens is 440 g/mol. The number of thioether (sulfide) groups is 1. The molecule has 3 unspecified atom stereocenters. The first-order valence-corrected chi connectivity index (χ1v) is 12.4. The lowest BCUT2D eigenvalue weighted by Crippen LogP contribution is -2.52. The number of likely N-dealkylation sites (N-methyl/N-ethyl adjacent to an activating group) is 1. The standard InChI is InChI=1S/C26H29ClN2O2S/c1-17-7-9-18(10-8-17)13-14-28-25(30)20-11-12-23-22(15-20)29(2)26(31)24(32-23)16-19-5-3-4-6-21(19)27/h3-10,16,20,22-23H,11-15H2,1-2H3,(H,28,30)/b24-16-. The van der Waals surface area contributed by atoms with Gasteiger partial charge in [0.1, 0.15) is 0 Å². The van der Waals surface area contributed by atoms with Gasteiger partial charge in [0.25, 0.3) is 5.91 Å². The average Bonchev–Trinajstić information content (AvgIpc) is 2.79. The monoisotopic (exact) mass is 468 g/mol. The molecule has 32 heavy (non-hydrogen) atoms. The molecule has 1 aliphatic carbocycles. The van der Waals surface area contributed by atoms with Crippen LogP contribution < -0.4 is 5.32 Å². The number of fused-ring (bicyclic) bond motifs is 1. The summed E-state index contributed by atoms with van der Waals surface area (Å²) in [6.45, 7) is 2.71. The van der Waals surface area contributed by atoms with E-state index in [-0.39, 0.29) is 23.8 Å². The van der Waals surface area contributed by atoms with E-state index < -0.39 is 0 Å². The number of hydrogen-bond donors (Lipinski definition) is 1. The van der Waals surface area contributed by atoms with Crippen molar-refractivity contribution >= 4 is 41.3 Å². The first kappa shape index (κ1) is 22.9. The van der Waals surface area contributed by atoms with Gasteiger partial charge in [0.2, 0.25) is 5.91 Å². The molecule has 6 heteroatoms. The maximum atomic E-state index is 13.0. The lowest BCUT2D eigenvalue weighted by Gasteiger charge is -2.44. The summed E-state index contributed by atoms with van der Waals surface area (Å²) in [5.74, 6) is 0.0784. The van der Waals surface area contributed by atoms with Crippen LogP contribution in [0.3, 0.4) is 0 Å². The van der Waals surface area contributed by atoms with E-state index in [9.17, 15) is 9.59 Å². The zero-order valence-corrected chi connectivity index (χ0v) is 20.1. The maximum Gasteiger partial charge on any atom is 0.260 e. The third-order valence-electron chi connectivity index (χ3n) is 6.46. The van der Waals surface area contributed by atoms with Crippen molar-refractivity contribution in [2.75, 3.05) is 13.6 Å². The molecule has 2 aromatic carbocycles. The zero-order valence-electron chi connectivity index (χ0n) is 18.5. The van der Waals surface area contributed by atoms with Crippen molar-refractivity contribution in [3.05, 3.63) is 75.1 Å². The fourth-order valence-corrected chi connectivity index (χ4v) is 6.16. The van der Waals surface area contributed by atoms with Crippen LogP contribution >= 0.6 is 23.4 Å². The van der Waals surface area contributed by atoms with Gasteiger partial charge in [-0.3, -0.25) is 9.59 Å². The third-order valence-corrected chi connectivity index (χ3v) is 8.20. The number of carbonyl (C=O) groups excluding carboxylic acids is 2. The Bertz CT molecular complexity index is 1020. The Balaban J connectivity index is 1.35. The molecule has 4 rings (SSSR count). The van der Waals surface area contributed by atoms with Crippen molar-refractivity contribution < 1.29 is 9.59 Å². The van der Waals surface area contributed by atoms with E-state index >= 15 is 0 Å². The highest BCUT2D eigenvalue weighted by Gasteiger charge is 2.42. The second-order valence-corrected chi connectivity index (χ2v) is 10.4. The van der Waals surface area contributed by atoms with Gasteiger partial charge >= 0.3 is 0 Å². The largest absolute Gasteiger partial charge is 0.356 e. The summed E-state index contributed by atoms with van der Waals surface area (Å²) in [7, 11) is 1.86. The fraction of sp³-hybridized carbons (Fsp3) is 0.385. The minimum Gasteiger partial charge on any atom is -0.356 e. The van der Waals surface area contributed by atoms with E-state index in [0.717, 1.165) is 36.2 Å². The predicted octanol–water partition coefficient (Wildman–Crippen LogP) is 5.09. The number of amides is 2. The first-order chi connectivity index (χ1) is 15.4. The molecule has 0 spiro atoms. The van der Waals surface area contributed by atoms with Crippen LogP contribution in [0.25, 0.3) is 6.08 Å². The summed E-state index contributed by atoms with van der Waals surface area (Å²) in [5, 5.41) is 4.06. The van der Waals surface area contributed by atoms with Gasteiger partial charge in [-0.1, -0.05) is 59.6 Å².